The van der Waals surface area contributed by atoms with Crippen molar-refractivity contribution in [1.29, 1.82) is 0 Å². The molecule has 5 rings (SSSR count). The molecule has 1 heterocycles. The summed E-state index contributed by atoms with van der Waals surface area (Å²) in [7, 11) is 1.94. The third-order valence-electron chi connectivity index (χ3n) is 5.78. The van der Waals surface area contributed by atoms with Crippen molar-refractivity contribution < 1.29 is 4.79 Å². The van der Waals surface area contributed by atoms with E-state index in [1.54, 1.807) is 0 Å². The van der Waals surface area contributed by atoms with E-state index in [0.717, 1.165) is 11.8 Å². The number of nitrogens with zero attached hydrogens (tertiary/aromatic N) is 3. The molecule has 0 aromatic carbocycles. The largest absolute Gasteiger partial charge is 0.337 e. The molecule has 0 aliphatic heterocycles. The van der Waals surface area contributed by atoms with Crippen molar-refractivity contribution in [3.05, 3.63) is 23.2 Å². The highest BCUT2D eigenvalue weighted by Gasteiger charge is 2.50. The molecule has 21 heavy (non-hydrogen) atoms. The molecule has 4 nitrogen and oxygen atoms in total. The van der Waals surface area contributed by atoms with E-state index < -0.39 is 0 Å². The maximum absolute atomic E-state index is 12.7. The lowest BCUT2D eigenvalue weighted by molar-refractivity contribution is -0.0492. The van der Waals surface area contributed by atoms with Crippen LogP contribution in [0, 0.1) is 23.7 Å². The molecule has 4 bridgehead atoms. The van der Waals surface area contributed by atoms with Crippen molar-refractivity contribution >= 4 is 17.5 Å². The summed E-state index contributed by atoms with van der Waals surface area (Å²) in [6.45, 7) is 0. The number of hydrogen-bond acceptors (Lipinski definition) is 3. The molecule has 4 fully saturated rings. The Morgan fingerprint density at radius 3 is 2.24 bits per heavy atom. The smallest absolute Gasteiger partial charge is 0.274 e. The lowest BCUT2D eigenvalue weighted by Crippen LogP contribution is -2.56. The van der Waals surface area contributed by atoms with Gasteiger partial charge in [0, 0.05) is 13.1 Å². The van der Waals surface area contributed by atoms with Crippen LogP contribution < -0.4 is 0 Å². The molecular formula is C16H20ClN3O. The van der Waals surface area contributed by atoms with E-state index in [-0.39, 0.29) is 5.91 Å². The van der Waals surface area contributed by atoms with Crippen molar-refractivity contribution in [3.63, 3.8) is 0 Å². The molecule has 0 saturated heterocycles. The van der Waals surface area contributed by atoms with Gasteiger partial charge in [-0.1, -0.05) is 11.6 Å². The lowest BCUT2D eigenvalue weighted by Gasteiger charge is -2.56. The molecule has 0 radical (unpaired) electrons. The van der Waals surface area contributed by atoms with Gasteiger partial charge in [-0.2, -0.15) is 0 Å². The van der Waals surface area contributed by atoms with Crippen LogP contribution in [-0.4, -0.2) is 33.9 Å². The zero-order chi connectivity index (χ0) is 14.6. The van der Waals surface area contributed by atoms with Crippen LogP contribution in [0.5, 0.6) is 0 Å². The quantitative estimate of drug-likeness (QED) is 0.843. The monoisotopic (exact) mass is 305 g/mol. The molecule has 0 atom stereocenters. The van der Waals surface area contributed by atoms with E-state index in [4.69, 9.17) is 11.6 Å². The highest BCUT2D eigenvalue weighted by Crippen LogP contribution is 2.55. The predicted molar refractivity (Wildman–Crippen MR) is 80.0 cm³/mol. The van der Waals surface area contributed by atoms with Gasteiger partial charge in [-0.05, 0) is 55.8 Å². The van der Waals surface area contributed by atoms with Gasteiger partial charge in [0.1, 0.15) is 10.8 Å². The standard InChI is InChI=1S/C16H20ClN3O/c1-20(16(21)13-7-19-14(17)8-18-13)15-11-3-9-2-10(5-11)6-12(15)4-9/h7-12,15H,2-6H2,1H3. The Morgan fingerprint density at radius 2 is 1.71 bits per heavy atom. The molecule has 0 spiro atoms. The van der Waals surface area contributed by atoms with E-state index in [0.29, 0.717) is 28.7 Å². The van der Waals surface area contributed by atoms with Gasteiger partial charge in [-0.15, -0.1) is 0 Å². The molecule has 1 amide bonds. The third-order valence-corrected chi connectivity index (χ3v) is 5.98. The van der Waals surface area contributed by atoms with E-state index >= 15 is 0 Å². The minimum Gasteiger partial charge on any atom is -0.337 e. The number of rotatable bonds is 2. The minimum atomic E-state index is -0.0170. The maximum Gasteiger partial charge on any atom is 0.274 e. The van der Waals surface area contributed by atoms with Crippen LogP contribution in [-0.2, 0) is 0 Å². The molecule has 1 aromatic rings. The normalized spacial score (nSPS) is 36.8. The fraction of sp³-hybridized carbons (Fsp3) is 0.688. The van der Waals surface area contributed by atoms with Crippen molar-refractivity contribution in [3.8, 4) is 0 Å². The van der Waals surface area contributed by atoms with Gasteiger partial charge in [0.05, 0.1) is 12.4 Å². The molecule has 112 valence electrons. The third kappa shape index (κ3) is 2.24. The fourth-order valence-electron chi connectivity index (χ4n) is 5.27. The van der Waals surface area contributed by atoms with Crippen LogP contribution in [0.1, 0.15) is 42.6 Å². The van der Waals surface area contributed by atoms with Gasteiger partial charge in [0.15, 0.2) is 0 Å². The van der Waals surface area contributed by atoms with Gasteiger partial charge in [0.25, 0.3) is 5.91 Å². The second-order valence-corrected chi connectivity index (χ2v) is 7.45. The Morgan fingerprint density at radius 1 is 1.10 bits per heavy atom. The summed E-state index contributed by atoms with van der Waals surface area (Å²) in [5.74, 6) is 3.20. The Labute approximate surface area is 129 Å². The summed E-state index contributed by atoms with van der Waals surface area (Å²) < 4.78 is 0. The Balaban J connectivity index is 1.55. The molecule has 1 aromatic heterocycles. The SMILES string of the molecule is CN(C(=O)c1cnc(Cl)cn1)C1C2CC3CC(C2)CC1C3. The number of carbonyl (C=O) groups excluding carboxylic acids is 1. The molecule has 0 unspecified atom stereocenters. The van der Waals surface area contributed by atoms with Crippen LogP contribution in [0.15, 0.2) is 12.4 Å². The summed E-state index contributed by atoms with van der Waals surface area (Å²) in [6.07, 6.45) is 9.59. The Hall–Kier alpha value is -1.16. The number of carbonyl (C=O) groups is 1. The van der Waals surface area contributed by atoms with Gasteiger partial charge in [-0.3, -0.25) is 4.79 Å². The van der Waals surface area contributed by atoms with E-state index in [2.05, 4.69) is 9.97 Å². The van der Waals surface area contributed by atoms with Crippen molar-refractivity contribution in [2.75, 3.05) is 7.05 Å². The van der Waals surface area contributed by atoms with Crippen LogP contribution in [0.4, 0.5) is 0 Å². The van der Waals surface area contributed by atoms with E-state index in [1.807, 2.05) is 11.9 Å². The van der Waals surface area contributed by atoms with E-state index in [1.165, 1.54) is 44.5 Å². The second-order valence-electron chi connectivity index (χ2n) is 7.06. The van der Waals surface area contributed by atoms with Crippen LogP contribution in [0.2, 0.25) is 5.15 Å². The summed E-state index contributed by atoms with van der Waals surface area (Å²) in [6, 6.07) is 0.391. The molecule has 4 aliphatic rings. The number of hydrogen-bond donors (Lipinski definition) is 0. The highest BCUT2D eigenvalue weighted by molar-refractivity contribution is 6.29. The molecule has 0 N–H and O–H groups in total. The molecule has 4 saturated carbocycles. The first-order valence-corrected chi connectivity index (χ1v) is 8.24. The fourth-order valence-corrected chi connectivity index (χ4v) is 5.37. The first kappa shape index (κ1) is 13.5. The number of aromatic nitrogens is 2. The molecular weight excluding hydrogens is 286 g/mol. The second kappa shape index (κ2) is 4.94. The van der Waals surface area contributed by atoms with Crippen LogP contribution >= 0.6 is 11.6 Å². The average molecular weight is 306 g/mol. The summed E-state index contributed by atoms with van der Waals surface area (Å²) in [5.41, 5.74) is 0.399. The zero-order valence-corrected chi connectivity index (χ0v) is 13.0. The summed E-state index contributed by atoms with van der Waals surface area (Å²) >= 11 is 5.74. The maximum atomic E-state index is 12.7. The Bertz CT molecular complexity index is 531. The molecule has 5 heteroatoms. The van der Waals surface area contributed by atoms with Gasteiger partial charge < -0.3 is 4.90 Å². The minimum absolute atomic E-state index is 0.0170. The lowest BCUT2D eigenvalue weighted by atomic mass is 9.54. The van der Waals surface area contributed by atoms with Gasteiger partial charge >= 0.3 is 0 Å². The first-order valence-electron chi connectivity index (χ1n) is 7.86. The average Bonchev–Trinajstić information content (AvgIpc) is 2.46. The van der Waals surface area contributed by atoms with Crippen molar-refractivity contribution in [1.82, 2.24) is 14.9 Å². The number of amides is 1. The Kier molecular flexibility index (Phi) is 3.18. The number of halogens is 1. The topological polar surface area (TPSA) is 46.1 Å². The van der Waals surface area contributed by atoms with Crippen LogP contribution in [0.25, 0.3) is 0 Å². The van der Waals surface area contributed by atoms with Crippen molar-refractivity contribution in [2.24, 2.45) is 23.7 Å². The van der Waals surface area contributed by atoms with Crippen molar-refractivity contribution in [2.45, 2.75) is 38.1 Å². The van der Waals surface area contributed by atoms with Crippen LogP contribution in [0.3, 0.4) is 0 Å². The summed E-state index contributed by atoms with van der Waals surface area (Å²) in [5, 5.41) is 0.323. The first-order chi connectivity index (χ1) is 10.1. The van der Waals surface area contributed by atoms with E-state index in [9.17, 15) is 4.79 Å². The summed E-state index contributed by atoms with van der Waals surface area (Å²) in [4.78, 5) is 22.7. The molecule has 4 aliphatic carbocycles. The highest BCUT2D eigenvalue weighted by atomic mass is 35.5. The predicted octanol–water partition coefficient (Wildman–Crippen LogP) is 3.03. The van der Waals surface area contributed by atoms with Gasteiger partial charge in [-0.25, -0.2) is 9.97 Å². The zero-order valence-electron chi connectivity index (χ0n) is 12.2. The van der Waals surface area contributed by atoms with Gasteiger partial charge in [0.2, 0.25) is 0 Å².